The first-order chi connectivity index (χ1) is 66.2. The summed E-state index contributed by atoms with van der Waals surface area (Å²) in [6, 6.07) is 46.8. The second-order valence-electron chi connectivity index (χ2n) is 30.5. The number of halogens is 3. The van der Waals surface area contributed by atoms with E-state index in [1.54, 1.807) is 99.5 Å². The van der Waals surface area contributed by atoms with Crippen LogP contribution in [0, 0.1) is 68.7 Å². The number of hydrogen-bond acceptors (Lipinski definition) is 32. The van der Waals surface area contributed by atoms with Gasteiger partial charge in [0.15, 0.2) is 53.1 Å². The highest BCUT2D eigenvalue weighted by Gasteiger charge is 2.22. The molecule has 3 N–H and O–H groups in total. The number of fused-ring (bicyclic) bond motifs is 10. The van der Waals surface area contributed by atoms with E-state index in [2.05, 4.69) is 128 Å². The molecule has 0 aliphatic heterocycles. The van der Waals surface area contributed by atoms with Gasteiger partial charge in [-0.2, -0.15) is 0 Å². The fraction of sp³-hybridized carbons (Fsp3) is 0.196. The number of likely N-dealkylation sites (N-methyl/N-ethyl adjacent to an activating group) is 1. The third-order valence-corrected chi connectivity index (χ3v) is 28.8. The van der Waals surface area contributed by atoms with Crippen molar-refractivity contribution in [3.63, 3.8) is 0 Å². The molecule has 6 aromatic carbocycles. The van der Waals surface area contributed by atoms with Gasteiger partial charge in [0.25, 0.3) is 22.0 Å². The lowest BCUT2D eigenvalue weighted by atomic mass is 10.2. The highest BCUT2D eigenvalue weighted by Crippen LogP contribution is 2.36. The van der Waals surface area contributed by atoms with E-state index in [1.165, 1.54) is 46.6 Å². The largest absolute Gasteiger partial charge is 0.431 e. The summed E-state index contributed by atoms with van der Waals surface area (Å²) in [5.74, 6) is 4.09. The van der Waals surface area contributed by atoms with Gasteiger partial charge in [-0.05, 0) is 140 Å². The van der Waals surface area contributed by atoms with Crippen molar-refractivity contribution >= 4 is 190 Å². The molecule has 0 radical (unpaired) electrons. The van der Waals surface area contributed by atoms with Gasteiger partial charge in [0.05, 0.1) is 69.8 Å². The third kappa shape index (κ3) is 22.5. The van der Waals surface area contributed by atoms with Gasteiger partial charge >= 0.3 is 5.68 Å². The predicted molar refractivity (Wildman–Crippen MR) is 526 cm³/mol. The zero-order chi connectivity index (χ0) is 95.7. The zero-order valence-electron chi connectivity index (χ0n) is 74.5. The zero-order valence-corrected chi connectivity index (χ0v) is 81.0. The summed E-state index contributed by atoms with van der Waals surface area (Å²) in [5.41, 5.74) is 16.4. The van der Waals surface area contributed by atoms with E-state index in [0.717, 1.165) is 149 Å². The molecule has 0 atom stereocenters. The van der Waals surface area contributed by atoms with E-state index in [9.17, 15) is 32.1 Å². The Kier molecular flexibility index (Phi) is 29.0. The number of sulfone groups is 1. The van der Waals surface area contributed by atoms with Gasteiger partial charge in [0, 0.05) is 144 Å². The number of amides is 1. The summed E-state index contributed by atoms with van der Waals surface area (Å²) >= 11 is 15.2. The van der Waals surface area contributed by atoms with Gasteiger partial charge in [-0.1, -0.05) is 151 Å². The molecule has 0 fully saturated rings. The number of benzene rings is 6. The molecule has 16 aromatic heterocycles. The second-order valence-corrected chi connectivity index (χ2v) is 39.3. The van der Waals surface area contributed by atoms with E-state index >= 15 is 0 Å². The van der Waals surface area contributed by atoms with Crippen LogP contribution in [0.4, 0.5) is 19.6 Å². The van der Waals surface area contributed by atoms with Gasteiger partial charge in [-0.15, -0.1) is 11.3 Å². The van der Waals surface area contributed by atoms with Gasteiger partial charge < -0.3 is 23.2 Å². The molecule has 137 heavy (non-hydrogen) atoms. The van der Waals surface area contributed by atoms with Crippen molar-refractivity contribution in [1.82, 2.24) is 116 Å². The van der Waals surface area contributed by atoms with Crippen LogP contribution in [0.5, 0.6) is 0 Å². The Hall–Kier alpha value is -14.1. The fourth-order valence-electron chi connectivity index (χ4n) is 14.1. The van der Waals surface area contributed by atoms with Crippen LogP contribution in [0.25, 0.3) is 93.9 Å². The number of H-pyrrole nitrogens is 1. The van der Waals surface area contributed by atoms with Crippen molar-refractivity contribution in [1.29, 1.82) is 5.41 Å². The number of anilines is 1. The van der Waals surface area contributed by atoms with Crippen LogP contribution in [0.2, 0.25) is 5.15 Å². The number of aryl methyl sites for hydroxylation is 6. The summed E-state index contributed by atoms with van der Waals surface area (Å²) in [4.78, 5) is 94.1. The number of nitrogens with zero attached hydrogens (tertiary/aromatic N) is 24. The number of nitro groups is 1. The third-order valence-electron chi connectivity index (χ3n) is 20.9. The lowest BCUT2D eigenvalue weighted by molar-refractivity contribution is -0.384. The number of non-ortho nitro benzene ring substituents is 1. The molecular weight excluding hydrogens is 1910 g/mol. The average Bonchev–Trinajstić information content (AvgIpc) is 1.70. The number of oxazole rings is 2. The number of thioether (sulfide) groups is 4. The number of thiazole rings is 2. The molecule has 696 valence electrons. The van der Waals surface area contributed by atoms with Crippen LogP contribution in [0.15, 0.2) is 245 Å². The molecule has 0 saturated carbocycles. The Balaban J connectivity index is 0.000000114. The first-order valence-electron chi connectivity index (χ1n) is 42.4. The summed E-state index contributed by atoms with van der Waals surface area (Å²) in [6.45, 7) is 21.5. The summed E-state index contributed by atoms with van der Waals surface area (Å²) in [6.07, 6.45) is 14.3. The second kappa shape index (κ2) is 42.0. The maximum absolute atomic E-state index is 13.2. The maximum atomic E-state index is 13.2. The molecule has 0 saturated heterocycles. The molecule has 35 nitrogen and oxygen atoms in total. The minimum absolute atomic E-state index is 0.00498. The highest BCUT2D eigenvalue weighted by atomic mass is 35.5. The number of imidazole rings is 6. The summed E-state index contributed by atoms with van der Waals surface area (Å²) in [7, 11) is -3.27. The number of nitro benzene ring substituents is 1. The van der Waals surface area contributed by atoms with Gasteiger partial charge in [0.2, 0.25) is 28.9 Å². The molecule has 0 aliphatic carbocycles. The first-order valence-corrected chi connectivity index (χ1v) is 50.0. The minimum atomic E-state index is -3.27. The topological polar surface area (TPSA) is 422 Å². The Morgan fingerprint density at radius 1 is 0.562 bits per heavy atom. The Morgan fingerprint density at radius 3 is 1.75 bits per heavy atom. The molecular formula is C92H82ClF2N27O8S7. The minimum Gasteiger partial charge on any atom is -0.431 e. The van der Waals surface area contributed by atoms with Gasteiger partial charge in [0.1, 0.15) is 21.9 Å². The van der Waals surface area contributed by atoms with E-state index in [0.29, 0.717) is 89.4 Å². The molecule has 45 heteroatoms. The summed E-state index contributed by atoms with van der Waals surface area (Å²) < 4.78 is 80.6. The molecule has 0 aliphatic rings. The first kappa shape index (κ1) is 94.6. The maximum Gasteiger partial charge on any atom is 0.320 e. The normalized spacial score (nSPS) is 11.5. The number of carbonyl (C=O) groups excluding carboxylic acids is 1. The quantitative estimate of drug-likeness (QED) is 0.0304. The van der Waals surface area contributed by atoms with Gasteiger partial charge in [-0.3, -0.25) is 46.8 Å². The lowest BCUT2D eigenvalue weighted by Crippen LogP contribution is -2.29. The monoisotopic (exact) mass is 1990 g/mol. The summed E-state index contributed by atoms with van der Waals surface area (Å²) in [5, 5.41) is 27.9. The van der Waals surface area contributed by atoms with Crippen molar-refractivity contribution in [2.45, 2.75) is 117 Å². The van der Waals surface area contributed by atoms with E-state index < -0.39 is 32.3 Å². The number of hydrogen-bond donors (Lipinski definition) is 3. The number of para-hydroxylation sites is 3. The van der Waals surface area contributed by atoms with E-state index in [4.69, 9.17) is 30.4 Å². The molecule has 22 rings (SSSR count). The Morgan fingerprint density at radius 2 is 1.15 bits per heavy atom. The van der Waals surface area contributed by atoms with Crippen LogP contribution in [-0.2, 0) is 39.4 Å². The molecule has 0 unspecified atom stereocenters. The number of nitrogens with one attached hydrogen (secondary N) is 3. The standard InChI is InChI=1S/C18H18N4O3S2.C16H13N5O3S.C16H15N5S.C14H9ClN4S2.C14H7F2N5OS.C14H20N4O/c1-4-27(23,24)14-5-6-16-15(8-14)21-18(25-16)26-10-13-9-22-12(3)7-11(2)19-17(22)20-13;1-9-5-10(2)20-7-11(18-15(20)17-9)8-25-16-19-13-6-12(21(22)23)3-4-14(13)24-16;1-10-7-11(2)21-8-12(18-15(21)17-10)9-22-16-19-13-5-3-4-6-14(13)20-16;15-12-10(17-13-16-6-3-7-19(12)13)8-20-14-18-9-4-1-2-5-11(9)21-14;15-7-4-9-11(5-8(7)16)23-14(19-9)20-12(22)10-6-21-3-1-2-17-13(21)18-10;1-3-17(4-2)10-11-18-13(16-19-14(18)15)12-8-6-5-7-9-12/h5-9H,4,10H2,1-3H3;3-7H,8H2,1-2H3;3-8H,9H2,1-2H3,(H,19,20);1-7H,8H2;1-6H,(H,19,20,22);5-9,15H,3-4,10-11H2,1-2H3. The average molecular weight is 1990 g/mol. The van der Waals surface area contributed by atoms with E-state index in [-0.39, 0.29) is 38.4 Å². The molecule has 0 bridgehead atoms. The van der Waals surface area contributed by atoms with Crippen LogP contribution < -0.4 is 11.0 Å². The van der Waals surface area contributed by atoms with Crippen LogP contribution in [0.3, 0.4) is 0 Å². The van der Waals surface area contributed by atoms with Crippen molar-refractivity contribution < 1.29 is 40.3 Å². The molecule has 22 aromatic rings. The van der Waals surface area contributed by atoms with Crippen LogP contribution in [0.1, 0.15) is 88.2 Å². The SMILES string of the molecule is CCN(CC)CCn1c(-c2ccccc2)noc1=N.CCS(=O)(=O)c1ccc2oc(SCc3cn4c(C)cc(C)nc4n3)nc2c1.Cc1cc(C)n2cc(CSc3nc4cc([N+](=O)[O-])ccc4o3)nc2n1.Cc1cc(C)n2cc(CSc3nc4ccccc4[nH]3)nc2n1.Clc1c(CSc2nc3ccccc3s2)nc2ncccn12.O=C(Nc1nc2cc(F)c(F)cc2s1)c1cn2cccnc2n1. The molecule has 16 heterocycles. The number of carbonyl (C=O) groups is 1. The number of rotatable bonds is 23. The molecule has 1 amide bonds. The number of aromatic nitrogens is 23. The smallest absolute Gasteiger partial charge is 0.320 e. The van der Waals surface area contributed by atoms with Crippen molar-refractivity contribution in [2.24, 2.45) is 0 Å². The van der Waals surface area contributed by atoms with Crippen molar-refractivity contribution in [3.05, 3.63) is 303 Å². The lowest BCUT2D eigenvalue weighted by Gasteiger charge is -2.18. The van der Waals surface area contributed by atoms with Crippen molar-refractivity contribution in [3.8, 4) is 11.4 Å². The van der Waals surface area contributed by atoms with Crippen molar-refractivity contribution in [2.75, 3.05) is 30.7 Å². The van der Waals surface area contributed by atoms with Gasteiger partial charge in [-0.25, -0.2) is 97.4 Å². The Bertz CT molecular complexity index is 8230. The Labute approximate surface area is 807 Å². The van der Waals surface area contributed by atoms with E-state index in [1.807, 2.05) is 168 Å². The predicted octanol–water partition coefficient (Wildman–Crippen LogP) is 19.9. The van der Waals surface area contributed by atoms with Crippen LogP contribution >= 0.6 is 81.3 Å². The van der Waals surface area contributed by atoms with Crippen LogP contribution in [-0.4, -0.2) is 161 Å². The molecule has 0 spiro atoms. The fourth-order valence-corrected chi connectivity index (χ4v) is 20.4. The highest BCUT2D eigenvalue weighted by molar-refractivity contribution is 8.00. The number of aromatic amines is 1.